The molecule has 0 atom stereocenters. The van der Waals surface area contributed by atoms with E-state index >= 15 is 0 Å². The summed E-state index contributed by atoms with van der Waals surface area (Å²) in [6, 6.07) is 20.9. The molecule has 0 fully saturated rings. The van der Waals surface area contributed by atoms with Gasteiger partial charge in [-0.3, -0.25) is 4.57 Å². The number of rotatable bonds is 8. The first-order chi connectivity index (χ1) is 15.9. The Bertz CT molecular complexity index is 1270. The van der Waals surface area contributed by atoms with Crippen molar-refractivity contribution >= 4 is 29.5 Å². The number of benzene rings is 3. The Balaban J connectivity index is 1.64. The van der Waals surface area contributed by atoms with Gasteiger partial charge in [0, 0.05) is 23.4 Å². The van der Waals surface area contributed by atoms with Crippen molar-refractivity contribution in [2.45, 2.75) is 13.3 Å². The predicted octanol–water partition coefficient (Wildman–Crippen LogP) is 5.88. The molecule has 0 radical (unpaired) electrons. The SMILES string of the molecule is COc1ccc(N(C)Cn2nc(COc3ccc(F)cc3)n(-c3ccc(Cl)cc3)c2=S)cc1. The Morgan fingerprint density at radius 1 is 0.970 bits per heavy atom. The fourth-order valence-electron chi connectivity index (χ4n) is 3.29. The zero-order valence-corrected chi connectivity index (χ0v) is 19.7. The molecule has 0 spiro atoms. The van der Waals surface area contributed by atoms with Crippen LogP contribution in [0.15, 0.2) is 72.8 Å². The van der Waals surface area contributed by atoms with Crippen molar-refractivity contribution in [3.05, 3.63) is 94.2 Å². The molecule has 0 unspecified atom stereocenters. The van der Waals surface area contributed by atoms with E-state index in [1.54, 1.807) is 36.1 Å². The van der Waals surface area contributed by atoms with Crippen LogP contribution in [0, 0.1) is 10.6 Å². The van der Waals surface area contributed by atoms with E-state index in [9.17, 15) is 4.39 Å². The molecule has 1 aromatic heterocycles. The lowest BCUT2D eigenvalue weighted by atomic mass is 10.3. The molecule has 0 N–H and O–H groups in total. The van der Waals surface area contributed by atoms with Crippen LogP contribution in [0.5, 0.6) is 11.5 Å². The second-order valence-electron chi connectivity index (χ2n) is 7.29. The van der Waals surface area contributed by atoms with Gasteiger partial charge in [0.05, 0.1) is 7.11 Å². The standard InChI is InChI=1S/C24H22ClFN4O2S/c1-28(19-9-13-21(31-2)14-10-19)16-29-24(33)30(20-7-3-17(25)4-8-20)23(27-29)15-32-22-11-5-18(26)6-12-22/h3-14H,15-16H2,1-2H3. The van der Waals surface area contributed by atoms with Crippen LogP contribution in [0.25, 0.3) is 5.69 Å². The van der Waals surface area contributed by atoms with Crippen molar-refractivity contribution in [2.24, 2.45) is 0 Å². The van der Waals surface area contributed by atoms with Gasteiger partial charge < -0.3 is 14.4 Å². The first kappa shape index (κ1) is 22.8. The number of ether oxygens (including phenoxy) is 2. The maximum Gasteiger partial charge on any atom is 0.204 e. The molecule has 0 saturated carbocycles. The zero-order chi connectivity index (χ0) is 23.4. The third-order valence-electron chi connectivity index (χ3n) is 5.03. The lowest BCUT2D eigenvalue weighted by Crippen LogP contribution is -2.22. The van der Waals surface area contributed by atoms with Gasteiger partial charge in [0.1, 0.15) is 30.6 Å². The third-order valence-corrected chi connectivity index (χ3v) is 5.68. The molecule has 1 heterocycles. The summed E-state index contributed by atoms with van der Waals surface area (Å²) in [7, 11) is 3.59. The molecule has 0 aliphatic heterocycles. The average molecular weight is 485 g/mol. The van der Waals surface area contributed by atoms with E-state index in [4.69, 9.17) is 38.4 Å². The fraction of sp³-hybridized carbons (Fsp3) is 0.167. The number of halogens is 2. The van der Waals surface area contributed by atoms with Crippen LogP contribution in [0.1, 0.15) is 5.82 Å². The van der Waals surface area contributed by atoms with Gasteiger partial charge in [0.2, 0.25) is 4.77 Å². The van der Waals surface area contributed by atoms with Crippen LogP contribution in [0.3, 0.4) is 0 Å². The van der Waals surface area contributed by atoms with Crippen LogP contribution in [0.4, 0.5) is 10.1 Å². The highest BCUT2D eigenvalue weighted by molar-refractivity contribution is 7.71. The molecule has 0 saturated heterocycles. The highest BCUT2D eigenvalue weighted by Gasteiger charge is 2.15. The van der Waals surface area contributed by atoms with Crippen molar-refractivity contribution in [2.75, 3.05) is 19.1 Å². The number of aromatic nitrogens is 3. The molecule has 33 heavy (non-hydrogen) atoms. The van der Waals surface area contributed by atoms with Gasteiger partial charge >= 0.3 is 0 Å². The maximum atomic E-state index is 13.2. The average Bonchev–Trinajstić information content (AvgIpc) is 3.14. The van der Waals surface area contributed by atoms with Crippen molar-refractivity contribution in [1.82, 2.24) is 14.3 Å². The minimum Gasteiger partial charge on any atom is -0.497 e. The molecular weight excluding hydrogens is 463 g/mol. The Morgan fingerprint density at radius 3 is 2.24 bits per heavy atom. The second kappa shape index (κ2) is 10.1. The predicted molar refractivity (Wildman–Crippen MR) is 130 cm³/mol. The van der Waals surface area contributed by atoms with Crippen LogP contribution < -0.4 is 14.4 Å². The molecular formula is C24H22ClFN4O2S. The summed E-state index contributed by atoms with van der Waals surface area (Å²) in [6.45, 7) is 0.576. The summed E-state index contributed by atoms with van der Waals surface area (Å²) in [4.78, 5) is 2.03. The Labute approximate surface area is 201 Å². The molecule has 4 rings (SSSR count). The molecule has 4 aromatic rings. The van der Waals surface area contributed by atoms with E-state index in [2.05, 4.69) is 0 Å². The number of hydrogen-bond donors (Lipinski definition) is 0. The van der Waals surface area contributed by atoms with Crippen molar-refractivity contribution < 1.29 is 13.9 Å². The van der Waals surface area contributed by atoms with Gasteiger partial charge in [-0.2, -0.15) is 5.10 Å². The highest BCUT2D eigenvalue weighted by atomic mass is 35.5. The van der Waals surface area contributed by atoms with Crippen molar-refractivity contribution in [3.8, 4) is 17.2 Å². The minimum absolute atomic E-state index is 0.150. The lowest BCUT2D eigenvalue weighted by Gasteiger charge is -2.19. The molecule has 0 amide bonds. The molecule has 0 aliphatic rings. The minimum atomic E-state index is -0.322. The smallest absolute Gasteiger partial charge is 0.204 e. The maximum absolute atomic E-state index is 13.2. The van der Waals surface area contributed by atoms with Gasteiger partial charge in [0.25, 0.3) is 0 Å². The molecule has 3 aromatic carbocycles. The first-order valence-electron chi connectivity index (χ1n) is 10.1. The topological polar surface area (TPSA) is 44.4 Å². The van der Waals surface area contributed by atoms with Gasteiger partial charge in [-0.15, -0.1) is 0 Å². The highest BCUT2D eigenvalue weighted by Crippen LogP contribution is 2.21. The molecule has 6 nitrogen and oxygen atoms in total. The quantitative estimate of drug-likeness (QED) is 0.292. The summed E-state index contributed by atoms with van der Waals surface area (Å²) >= 11 is 11.8. The molecule has 0 aliphatic carbocycles. The van der Waals surface area contributed by atoms with Crippen LogP contribution in [0.2, 0.25) is 5.02 Å². The number of methoxy groups -OCH3 is 1. The van der Waals surface area contributed by atoms with Gasteiger partial charge in [-0.05, 0) is 85.0 Å². The Hall–Kier alpha value is -3.36. The van der Waals surface area contributed by atoms with E-state index < -0.39 is 0 Å². The summed E-state index contributed by atoms with van der Waals surface area (Å²) < 4.78 is 28.4. The number of anilines is 1. The summed E-state index contributed by atoms with van der Waals surface area (Å²) in [6.07, 6.45) is 0. The van der Waals surface area contributed by atoms with Crippen LogP contribution >= 0.6 is 23.8 Å². The normalized spacial score (nSPS) is 10.8. The Kier molecular flexibility index (Phi) is 6.96. The largest absolute Gasteiger partial charge is 0.497 e. The summed E-state index contributed by atoms with van der Waals surface area (Å²) in [5.41, 5.74) is 1.81. The lowest BCUT2D eigenvalue weighted by molar-refractivity contribution is 0.291. The van der Waals surface area contributed by atoms with Crippen molar-refractivity contribution in [1.29, 1.82) is 0 Å². The first-order valence-corrected chi connectivity index (χ1v) is 10.9. The van der Waals surface area contributed by atoms with Crippen molar-refractivity contribution in [3.63, 3.8) is 0 Å². The van der Waals surface area contributed by atoms with E-state index in [1.165, 1.54) is 12.1 Å². The van der Waals surface area contributed by atoms with E-state index in [1.807, 2.05) is 52.9 Å². The van der Waals surface area contributed by atoms with Crippen LogP contribution in [-0.2, 0) is 13.3 Å². The van der Waals surface area contributed by atoms with E-state index in [0.717, 1.165) is 17.1 Å². The second-order valence-corrected chi connectivity index (χ2v) is 8.09. The molecule has 0 bridgehead atoms. The molecule has 9 heteroatoms. The number of hydrogen-bond acceptors (Lipinski definition) is 5. The van der Waals surface area contributed by atoms with Crippen LogP contribution in [-0.4, -0.2) is 28.5 Å². The Morgan fingerprint density at radius 2 is 1.61 bits per heavy atom. The van der Waals surface area contributed by atoms with E-state index in [-0.39, 0.29) is 12.4 Å². The van der Waals surface area contributed by atoms with Gasteiger partial charge in [-0.1, -0.05) is 11.6 Å². The number of nitrogens with zero attached hydrogens (tertiary/aromatic N) is 4. The monoisotopic (exact) mass is 484 g/mol. The van der Waals surface area contributed by atoms with Gasteiger partial charge in [0.15, 0.2) is 5.82 Å². The van der Waals surface area contributed by atoms with E-state index in [0.29, 0.717) is 28.0 Å². The molecule has 170 valence electrons. The summed E-state index contributed by atoms with van der Waals surface area (Å²) in [5, 5.41) is 5.34. The summed E-state index contributed by atoms with van der Waals surface area (Å²) in [5.74, 6) is 1.61. The van der Waals surface area contributed by atoms with Gasteiger partial charge in [-0.25, -0.2) is 9.07 Å². The fourth-order valence-corrected chi connectivity index (χ4v) is 3.72. The zero-order valence-electron chi connectivity index (χ0n) is 18.1. The third kappa shape index (κ3) is 5.35.